The van der Waals surface area contributed by atoms with E-state index in [0.29, 0.717) is 24.4 Å². The Bertz CT molecular complexity index is 1260. The van der Waals surface area contributed by atoms with Gasteiger partial charge in [0.15, 0.2) is 5.60 Å². The lowest BCUT2D eigenvalue weighted by Crippen LogP contribution is -2.37. The summed E-state index contributed by atoms with van der Waals surface area (Å²) in [6.07, 6.45) is 5.46. The van der Waals surface area contributed by atoms with E-state index in [2.05, 4.69) is 26.5 Å². The Labute approximate surface area is 194 Å². The number of oxime groups is 1. The number of pyridine rings is 1. The van der Waals surface area contributed by atoms with Crippen LogP contribution in [-0.2, 0) is 22.5 Å². The predicted molar refractivity (Wildman–Crippen MR) is 119 cm³/mol. The smallest absolute Gasteiger partial charge is 0.415 e. The molecule has 1 unspecified atom stereocenters. The van der Waals surface area contributed by atoms with Crippen molar-refractivity contribution in [2.45, 2.75) is 37.1 Å². The summed E-state index contributed by atoms with van der Waals surface area (Å²) in [6, 6.07) is 9.71. The van der Waals surface area contributed by atoms with Crippen LogP contribution < -0.4 is 4.90 Å². The molecule has 2 N–H and O–H groups in total. The van der Waals surface area contributed by atoms with Crippen molar-refractivity contribution in [3.05, 3.63) is 60.2 Å². The third-order valence-corrected chi connectivity index (χ3v) is 6.62. The summed E-state index contributed by atoms with van der Waals surface area (Å²) in [6.45, 7) is -0.190. The fourth-order valence-corrected chi connectivity index (χ4v) is 4.74. The number of aromatic nitrogens is 4. The zero-order chi connectivity index (χ0) is 23.3. The lowest BCUT2D eigenvalue weighted by Gasteiger charge is -2.20. The quantitative estimate of drug-likeness (QED) is 0.557. The second-order valence-corrected chi connectivity index (χ2v) is 8.77. The van der Waals surface area contributed by atoms with E-state index in [-0.39, 0.29) is 37.9 Å². The monoisotopic (exact) mass is 462 g/mol. The van der Waals surface area contributed by atoms with Crippen LogP contribution in [-0.4, -0.2) is 73.0 Å². The maximum absolute atomic E-state index is 12.6. The van der Waals surface area contributed by atoms with Crippen molar-refractivity contribution in [1.82, 2.24) is 20.0 Å². The van der Waals surface area contributed by atoms with Gasteiger partial charge in [-0.2, -0.15) is 0 Å². The summed E-state index contributed by atoms with van der Waals surface area (Å²) in [7, 11) is 0. The molecular formula is C23H22N6O5. The molecule has 0 saturated carbocycles. The minimum absolute atomic E-state index is 0.0823. The molecule has 0 spiro atoms. The highest BCUT2D eigenvalue weighted by atomic mass is 16.7. The summed E-state index contributed by atoms with van der Waals surface area (Å²) >= 11 is 0. The molecule has 2 atom stereocenters. The normalized spacial score (nSPS) is 22.2. The molecule has 11 nitrogen and oxygen atoms in total. The maximum Gasteiger partial charge on any atom is 0.415 e. The zero-order valence-corrected chi connectivity index (χ0v) is 18.1. The van der Waals surface area contributed by atoms with Gasteiger partial charge in [0.1, 0.15) is 11.8 Å². The van der Waals surface area contributed by atoms with Gasteiger partial charge in [0.05, 0.1) is 43.4 Å². The Morgan fingerprint density at radius 2 is 2.00 bits per heavy atom. The highest BCUT2D eigenvalue weighted by molar-refractivity contribution is 6.00. The Morgan fingerprint density at radius 1 is 1.15 bits per heavy atom. The maximum atomic E-state index is 12.6. The Kier molecular flexibility index (Phi) is 4.82. The van der Waals surface area contributed by atoms with E-state index in [9.17, 15) is 15.0 Å². The Morgan fingerprint density at radius 3 is 2.71 bits per heavy atom. The molecule has 2 aromatic heterocycles. The van der Waals surface area contributed by atoms with Crippen LogP contribution in [0.25, 0.3) is 11.1 Å². The van der Waals surface area contributed by atoms with Gasteiger partial charge < -0.3 is 19.8 Å². The first-order valence-corrected chi connectivity index (χ1v) is 11.0. The molecule has 34 heavy (non-hydrogen) atoms. The van der Waals surface area contributed by atoms with Crippen molar-refractivity contribution in [3.63, 3.8) is 0 Å². The highest BCUT2D eigenvalue weighted by Gasteiger charge is 2.47. The summed E-state index contributed by atoms with van der Waals surface area (Å²) in [4.78, 5) is 24.1. The molecule has 0 bridgehead atoms. The van der Waals surface area contributed by atoms with Crippen molar-refractivity contribution in [1.29, 1.82) is 0 Å². The number of ether oxygens (including phenoxy) is 1. The van der Waals surface area contributed by atoms with Gasteiger partial charge in [0.2, 0.25) is 0 Å². The zero-order valence-electron chi connectivity index (χ0n) is 18.1. The number of amides is 1. The predicted octanol–water partition coefficient (Wildman–Crippen LogP) is 1.14. The van der Waals surface area contributed by atoms with Crippen LogP contribution in [0.5, 0.6) is 0 Å². The molecule has 1 fully saturated rings. The summed E-state index contributed by atoms with van der Waals surface area (Å²) in [5, 5.41) is 30.8. The summed E-state index contributed by atoms with van der Waals surface area (Å²) in [5.41, 5.74) is 3.99. The fraction of sp³-hybridized carbons (Fsp3) is 0.348. The van der Waals surface area contributed by atoms with Crippen molar-refractivity contribution < 1.29 is 24.6 Å². The average Bonchev–Trinajstić information content (AvgIpc) is 3.65. The van der Waals surface area contributed by atoms with Crippen LogP contribution in [0.3, 0.4) is 0 Å². The molecule has 0 radical (unpaired) electrons. The van der Waals surface area contributed by atoms with Gasteiger partial charge in [0.25, 0.3) is 0 Å². The van der Waals surface area contributed by atoms with E-state index >= 15 is 0 Å². The van der Waals surface area contributed by atoms with Gasteiger partial charge in [-0.3, -0.25) is 9.88 Å². The van der Waals surface area contributed by atoms with E-state index in [1.165, 1.54) is 0 Å². The number of nitrogens with zero attached hydrogens (tertiary/aromatic N) is 6. The van der Waals surface area contributed by atoms with E-state index in [4.69, 9.17) is 9.57 Å². The van der Waals surface area contributed by atoms with Gasteiger partial charge in [-0.15, -0.1) is 5.10 Å². The first kappa shape index (κ1) is 20.8. The van der Waals surface area contributed by atoms with Crippen molar-refractivity contribution >= 4 is 17.5 Å². The second-order valence-electron chi connectivity index (χ2n) is 8.77. The SMILES string of the molecule is O=C1OC(Cn2ccnn2)[C@@H]2Cc3cc(-c4ccc(C5=NOC(CO)(CO)C5)nc4)ccc3N12. The highest BCUT2D eigenvalue weighted by Crippen LogP contribution is 2.41. The van der Waals surface area contributed by atoms with Crippen LogP contribution in [0.1, 0.15) is 17.7 Å². The largest absolute Gasteiger partial charge is 0.442 e. The van der Waals surface area contributed by atoms with E-state index < -0.39 is 5.60 Å². The lowest BCUT2D eigenvalue weighted by atomic mass is 9.97. The van der Waals surface area contributed by atoms with Crippen LogP contribution in [0.4, 0.5) is 10.5 Å². The fourth-order valence-electron chi connectivity index (χ4n) is 4.74. The Hall–Kier alpha value is -3.83. The number of rotatable bonds is 6. The van der Waals surface area contributed by atoms with E-state index in [0.717, 1.165) is 22.4 Å². The number of fused-ring (bicyclic) bond motifs is 3. The van der Waals surface area contributed by atoms with Crippen LogP contribution >= 0.6 is 0 Å². The number of carbonyl (C=O) groups is 1. The molecule has 1 amide bonds. The van der Waals surface area contributed by atoms with E-state index in [1.54, 1.807) is 28.2 Å². The topological polar surface area (TPSA) is 135 Å². The van der Waals surface area contributed by atoms with Crippen molar-refractivity contribution in [2.75, 3.05) is 18.1 Å². The minimum Gasteiger partial charge on any atom is -0.442 e. The van der Waals surface area contributed by atoms with Crippen molar-refractivity contribution in [3.8, 4) is 11.1 Å². The lowest BCUT2D eigenvalue weighted by molar-refractivity contribution is -0.0878. The third-order valence-electron chi connectivity index (χ3n) is 6.62. The first-order valence-electron chi connectivity index (χ1n) is 11.0. The number of hydrogen-bond donors (Lipinski definition) is 2. The first-order chi connectivity index (χ1) is 16.6. The molecule has 3 aromatic rings. The number of carbonyl (C=O) groups excluding carboxylic acids is 1. The molecule has 5 heterocycles. The minimum atomic E-state index is -1.09. The number of aliphatic hydroxyl groups is 2. The molecule has 1 aromatic carbocycles. The van der Waals surface area contributed by atoms with E-state index in [1.807, 2.05) is 24.3 Å². The number of benzene rings is 1. The van der Waals surface area contributed by atoms with Gasteiger partial charge in [-0.25, -0.2) is 9.48 Å². The number of hydrogen-bond acceptors (Lipinski definition) is 9. The van der Waals surface area contributed by atoms with Gasteiger partial charge in [-0.05, 0) is 35.7 Å². The summed E-state index contributed by atoms with van der Waals surface area (Å²) in [5.74, 6) is 0. The second kappa shape index (κ2) is 7.89. The number of cyclic esters (lactones) is 1. The molecule has 0 aliphatic carbocycles. The molecular weight excluding hydrogens is 440 g/mol. The number of aliphatic hydroxyl groups excluding tert-OH is 2. The van der Waals surface area contributed by atoms with Crippen LogP contribution in [0, 0.1) is 0 Å². The van der Waals surface area contributed by atoms with Crippen LogP contribution in [0.15, 0.2) is 54.1 Å². The van der Waals surface area contributed by atoms with Crippen molar-refractivity contribution in [2.24, 2.45) is 5.16 Å². The molecule has 11 heteroatoms. The van der Waals surface area contributed by atoms with Gasteiger partial charge in [0, 0.05) is 24.4 Å². The molecule has 6 rings (SSSR count). The Balaban J connectivity index is 1.21. The van der Waals surface area contributed by atoms with Gasteiger partial charge in [-0.1, -0.05) is 22.5 Å². The molecule has 1 saturated heterocycles. The van der Waals surface area contributed by atoms with Gasteiger partial charge >= 0.3 is 6.09 Å². The standard InChI is InChI=1S/C23H22N6O5/c30-12-23(13-31)9-18(26-34-23)17-3-1-15(10-24-17)14-2-4-19-16(7-14)8-20-21(33-22(32)29(19)20)11-28-6-5-25-27-28/h1-7,10,20-21,30-31H,8-9,11-13H2/t20-,21?/m0/s1. The molecule has 174 valence electrons. The summed E-state index contributed by atoms with van der Waals surface area (Å²) < 4.78 is 7.28. The average molecular weight is 462 g/mol. The molecule has 3 aliphatic heterocycles. The number of anilines is 1. The third kappa shape index (κ3) is 3.32. The molecule has 3 aliphatic rings. The van der Waals surface area contributed by atoms with Crippen LogP contribution in [0.2, 0.25) is 0 Å².